The van der Waals surface area contributed by atoms with E-state index in [0.717, 1.165) is 45.0 Å². The molecule has 0 aliphatic carbocycles. The SMILES string of the molecule is COc1cc(-c2cn[nH]c2)cn2c(-c3ccccc3)c(-c3ccccc3)nc12. The van der Waals surface area contributed by atoms with Gasteiger partial charge in [-0.1, -0.05) is 60.7 Å². The zero-order chi connectivity index (χ0) is 18.9. The van der Waals surface area contributed by atoms with Crippen molar-refractivity contribution in [1.82, 2.24) is 19.6 Å². The highest BCUT2D eigenvalue weighted by molar-refractivity contribution is 5.84. The van der Waals surface area contributed by atoms with Gasteiger partial charge in [-0.05, 0) is 6.07 Å². The second-order valence-electron chi connectivity index (χ2n) is 6.52. The molecule has 0 bridgehead atoms. The van der Waals surface area contributed by atoms with Crippen LogP contribution in [0.4, 0.5) is 0 Å². The van der Waals surface area contributed by atoms with Crippen molar-refractivity contribution >= 4 is 5.65 Å². The molecule has 0 atom stereocenters. The third kappa shape index (κ3) is 2.65. The van der Waals surface area contributed by atoms with Crippen LogP contribution in [0.3, 0.4) is 0 Å². The van der Waals surface area contributed by atoms with E-state index in [1.165, 1.54) is 0 Å². The van der Waals surface area contributed by atoms with Gasteiger partial charge in [0.25, 0.3) is 0 Å². The van der Waals surface area contributed by atoms with Crippen LogP contribution in [0.5, 0.6) is 5.75 Å². The number of aromatic amines is 1. The summed E-state index contributed by atoms with van der Waals surface area (Å²) < 4.78 is 7.80. The Balaban J connectivity index is 1.87. The number of nitrogens with one attached hydrogen (secondary N) is 1. The van der Waals surface area contributed by atoms with Crippen molar-refractivity contribution in [2.75, 3.05) is 7.11 Å². The molecule has 2 aromatic carbocycles. The van der Waals surface area contributed by atoms with Gasteiger partial charge in [0.1, 0.15) is 0 Å². The minimum atomic E-state index is 0.720. The Morgan fingerprint density at radius 1 is 0.857 bits per heavy atom. The van der Waals surface area contributed by atoms with Crippen LogP contribution in [-0.2, 0) is 0 Å². The van der Waals surface area contributed by atoms with Gasteiger partial charge in [0.05, 0.1) is 24.7 Å². The third-order valence-electron chi connectivity index (χ3n) is 4.83. The van der Waals surface area contributed by atoms with Gasteiger partial charge in [-0.2, -0.15) is 5.10 Å². The molecule has 0 aliphatic heterocycles. The van der Waals surface area contributed by atoms with Gasteiger partial charge in [0.15, 0.2) is 11.4 Å². The third-order valence-corrected chi connectivity index (χ3v) is 4.83. The fourth-order valence-electron chi connectivity index (χ4n) is 3.50. The number of fused-ring (bicyclic) bond motifs is 1. The molecular formula is C23H18N4O. The Morgan fingerprint density at radius 2 is 1.57 bits per heavy atom. The molecule has 5 aromatic rings. The maximum atomic E-state index is 5.69. The molecule has 3 aromatic heterocycles. The number of methoxy groups -OCH3 is 1. The van der Waals surface area contributed by atoms with Gasteiger partial charge in [-0.3, -0.25) is 9.50 Å². The van der Waals surface area contributed by atoms with Crippen LogP contribution >= 0.6 is 0 Å². The molecule has 136 valence electrons. The summed E-state index contributed by atoms with van der Waals surface area (Å²) in [5.74, 6) is 0.720. The van der Waals surface area contributed by atoms with E-state index in [1.54, 1.807) is 13.3 Å². The lowest BCUT2D eigenvalue weighted by molar-refractivity contribution is 0.417. The molecule has 1 N–H and O–H groups in total. The number of ether oxygens (including phenoxy) is 1. The number of hydrogen-bond acceptors (Lipinski definition) is 3. The molecule has 0 unspecified atom stereocenters. The molecule has 0 saturated heterocycles. The van der Waals surface area contributed by atoms with Crippen LogP contribution in [0.25, 0.3) is 39.3 Å². The predicted molar refractivity (Wildman–Crippen MR) is 110 cm³/mol. The van der Waals surface area contributed by atoms with E-state index in [0.29, 0.717) is 0 Å². The zero-order valence-corrected chi connectivity index (χ0v) is 15.3. The molecule has 3 heterocycles. The molecular weight excluding hydrogens is 348 g/mol. The molecule has 0 amide bonds. The number of hydrogen-bond donors (Lipinski definition) is 1. The number of imidazole rings is 1. The van der Waals surface area contributed by atoms with Crippen LogP contribution in [0, 0.1) is 0 Å². The first kappa shape index (κ1) is 16.3. The van der Waals surface area contributed by atoms with Crippen LogP contribution in [-0.4, -0.2) is 26.7 Å². The first-order valence-electron chi connectivity index (χ1n) is 9.05. The molecule has 5 heteroatoms. The van der Waals surface area contributed by atoms with E-state index in [4.69, 9.17) is 9.72 Å². The van der Waals surface area contributed by atoms with E-state index in [-0.39, 0.29) is 0 Å². The largest absolute Gasteiger partial charge is 0.493 e. The van der Waals surface area contributed by atoms with Crippen molar-refractivity contribution < 1.29 is 4.74 Å². The molecule has 0 saturated carbocycles. The summed E-state index contributed by atoms with van der Waals surface area (Å²) in [7, 11) is 1.67. The highest BCUT2D eigenvalue weighted by Crippen LogP contribution is 2.37. The monoisotopic (exact) mass is 366 g/mol. The van der Waals surface area contributed by atoms with Crippen LogP contribution in [0.2, 0.25) is 0 Å². The summed E-state index contributed by atoms with van der Waals surface area (Å²) in [6.45, 7) is 0. The summed E-state index contributed by atoms with van der Waals surface area (Å²) in [5, 5.41) is 6.95. The normalized spacial score (nSPS) is 11.0. The van der Waals surface area contributed by atoms with Gasteiger partial charge < -0.3 is 4.74 Å². The quantitative estimate of drug-likeness (QED) is 0.483. The smallest absolute Gasteiger partial charge is 0.180 e. The lowest BCUT2D eigenvalue weighted by atomic mass is 10.0. The fourth-order valence-corrected chi connectivity index (χ4v) is 3.50. The topological polar surface area (TPSA) is 55.2 Å². The standard InChI is InChI=1S/C23H18N4O/c1-28-20-12-18(19-13-24-25-14-19)15-27-22(17-10-6-3-7-11-17)21(26-23(20)27)16-8-4-2-5-9-16/h2-15H,1H3,(H,24,25). The molecule has 5 nitrogen and oxygen atoms in total. The Labute approximate surface area is 162 Å². The van der Waals surface area contributed by atoms with E-state index >= 15 is 0 Å². The second-order valence-corrected chi connectivity index (χ2v) is 6.52. The summed E-state index contributed by atoms with van der Waals surface area (Å²) in [6, 6.07) is 22.5. The lowest BCUT2D eigenvalue weighted by Gasteiger charge is -2.09. The van der Waals surface area contributed by atoms with Crippen molar-refractivity contribution in [2.24, 2.45) is 0 Å². The van der Waals surface area contributed by atoms with Crippen molar-refractivity contribution in [3.05, 3.63) is 85.3 Å². The zero-order valence-electron chi connectivity index (χ0n) is 15.3. The van der Waals surface area contributed by atoms with Gasteiger partial charge in [-0.25, -0.2) is 4.98 Å². The molecule has 0 radical (unpaired) electrons. The Morgan fingerprint density at radius 3 is 2.21 bits per heavy atom. The molecule has 5 rings (SSSR count). The highest BCUT2D eigenvalue weighted by atomic mass is 16.5. The molecule has 0 fully saturated rings. The summed E-state index contributed by atoms with van der Waals surface area (Å²) >= 11 is 0. The molecule has 0 spiro atoms. The van der Waals surface area contributed by atoms with E-state index in [2.05, 4.69) is 45.1 Å². The molecule has 0 aliphatic rings. The average Bonchev–Trinajstić information content (AvgIpc) is 3.42. The number of aromatic nitrogens is 4. The van der Waals surface area contributed by atoms with E-state index < -0.39 is 0 Å². The predicted octanol–water partition coefficient (Wildman–Crippen LogP) is 5.07. The van der Waals surface area contributed by atoms with Crippen molar-refractivity contribution in [1.29, 1.82) is 0 Å². The maximum absolute atomic E-state index is 5.69. The minimum absolute atomic E-state index is 0.720. The lowest BCUT2D eigenvalue weighted by Crippen LogP contribution is -1.94. The number of rotatable bonds is 4. The Bertz CT molecular complexity index is 1230. The minimum Gasteiger partial charge on any atom is -0.493 e. The average molecular weight is 366 g/mol. The first-order chi connectivity index (χ1) is 13.8. The first-order valence-corrected chi connectivity index (χ1v) is 9.05. The number of nitrogens with zero attached hydrogens (tertiary/aromatic N) is 3. The van der Waals surface area contributed by atoms with Crippen molar-refractivity contribution in [3.8, 4) is 39.4 Å². The van der Waals surface area contributed by atoms with Gasteiger partial charge in [0, 0.05) is 34.6 Å². The highest BCUT2D eigenvalue weighted by Gasteiger charge is 2.19. The van der Waals surface area contributed by atoms with Gasteiger partial charge >= 0.3 is 0 Å². The summed E-state index contributed by atoms with van der Waals surface area (Å²) in [4.78, 5) is 4.97. The fraction of sp³-hybridized carbons (Fsp3) is 0.0435. The van der Waals surface area contributed by atoms with Gasteiger partial charge in [0.2, 0.25) is 0 Å². The van der Waals surface area contributed by atoms with Gasteiger partial charge in [-0.15, -0.1) is 0 Å². The number of H-pyrrole nitrogens is 1. The summed E-state index contributed by atoms with van der Waals surface area (Å²) in [6.07, 6.45) is 5.76. The van der Waals surface area contributed by atoms with Crippen LogP contribution in [0.1, 0.15) is 0 Å². The summed E-state index contributed by atoms with van der Waals surface area (Å²) in [5.41, 5.74) is 6.91. The van der Waals surface area contributed by atoms with Crippen molar-refractivity contribution in [2.45, 2.75) is 0 Å². The number of pyridine rings is 1. The van der Waals surface area contributed by atoms with Crippen LogP contribution < -0.4 is 4.74 Å². The molecule has 28 heavy (non-hydrogen) atoms. The second kappa shape index (κ2) is 6.70. The maximum Gasteiger partial charge on any atom is 0.180 e. The van der Waals surface area contributed by atoms with Crippen molar-refractivity contribution in [3.63, 3.8) is 0 Å². The number of benzene rings is 2. The Kier molecular flexibility index (Phi) is 3.91. The van der Waals surface area contributed by atoms with E-state index in [1.807, 2.05) is 48.7 Å². The van der Waals surface area contributed by atoms with Crippen LogP contribution in [0.15, 0.2) is 85.3 Å². The van der Waals surface area contributed by atoms with E-state index in [9.17, 15) is 0 Å². The Hall–Kier alpha value is -3.86.